The first-order valence-electron chi connectivity index (χ1n) is 13.2. The van der Waals surface area contributed by atoms with Crippen molar-refractivity contribution in [1.29, 1.82) is 0 Å². The molecular formula is C29H33NO5. The maximum Gasteiger partial charge on any atom is 0.338 e. The average Bonchev–Trinajstić information content (AvgIpc) is 3.28. The Labute approximate surface area is 206 Å². The molecule has 10 rings (SSSR count). The fourth-order valence-electron chi connectivity index (χ4n) is 11.5. The molecule has 2 spiro atoms. The molecule has 6 heteroatoms. The standard InChI is InChI=1S/C29H33NO5/c1-14-16-11-17-24-28-9-5-8-27(2)13-30(24)18(22(27)28)12-29(17,23(28)21(16)31)25(14)35-26(32)15-6-7-19(33-3)20(10-15)34-4/h6-7,10,16-18,22-25H,1,5,8-9,11-13H2,2-4H3/t16-,17-,18+,22-,23+,24-,25-,27+,28+,29-/m1/s1. The van der Waals surface area contributed by atoms with Crippen molar-refractivity contribution in [2.24, 2.45) is 39.9 Å². The molecule has 1 unspecified atom stereocenters. The van der Waals surface area contributed by atoms with Gasteiger partial charge in [-0.1, -0.05) is 19.9 Å². The highest BCUT2D eigenvalue weighted by molar-refractivity contribution is 5.94. The summed E-state index contributed by atoms with van der Waals surface area (Å²) >= 11 is 0. The number of esters is 1. The molecule has 3 heterocycles. The average molecular weight is 476 g/mol. The molecule has 3 aliphatic heterocycles. The van der Waals surface area contributed by atoms with Crippen LogP contribution in [0.5, 0.6) is 11.5 Å². The summed E-state index contributed by atoms with van der Waals surface area (Å²) in [5, 5.41) is 0. The molecule has 1 aromatic rings. The van der Waals surface area contributed by atoms with E-state index in [9.17, 15) is 9.59 Å². The lowest BCUT2D eigenvalue weighted by Gasteiger charge is -2.63. The molecule has 6 saturated carbocycles. The minimum atomic E-state index is -0.381. The molecule has 6 aliphatic carbocycles. The maximum atomic E-state index is 14.1. The second-order valence-electron chi connectivity index (χ2n) is 12.8. The number of nitrogens with zero attached hydrogens (tertiary/aromatic N) is 1. The van der Waals surface area contributed by atoms with Crippen molar-refractivity contribution in [2.45, 2.75) is 57.2 Å². The van der Waals surface area contributed by atoms with Gasteiger partial charge in [-0.05, 0) is 66.7 Å². The molecular weight excluding hydrogens is 442 g/mol. The van der Waals surface area contributed by atoms with Gasteiger partial charge in [-0.3, -0.25) is 9.69 Å². The van der Waals surface area contributed by atoms with Gasteiger partial charge in [0.25, 0.3) is 0 Å². The fourth-order valence-corrected chi connectivity index (χ4v) is 11.5. The van der Waals surface area contributed by atoms with Gasteiger partial charge in [-0.2, -0.15) is 0 Å². The third-order valence-corrected chi connectivity index (χ3v) is 11.9. The SMILES string of the molecule is C=C1[C@H]2C[C@@H]3[C@H]4N5C[C@]6(C)CCC[C@]47[C@H](C2=O)[C@]3(C[C@H]5[C@H]67)[C@@H]1OC(=O)c1ccc(OC)c(OC)c1. The van der Waals surface area contributed by atoms with Crippen molar-refractivity contribution in [3.63, 3.8) is 0 Å². The van der Waals surface area contributed by atoms with Crippen LogP contribution in [-0.2, 0) is 9.53 Å². The molecule has 6 nitrogen and oxygen atoms in total. The lowest BCUT2D eigenvalue weighted by Crippen LogP contribution is -2.68. The van der Waals surface area contributed by atoms with Crippen molar-refractivity contribution < 1.29 is 23.8 Å². The Kier molecular flexibility index (Phi) is 3.65. The monoisotopic (exact) mass is 475 g/mol. The first-order valence-corrected chi connectivity index (χ1v) is 13.2. The van der Waals surface area contributed by atoms with Crippen LogP contribution >= 0.6 is 0 Å². The molecule has 1 aromatic carbocycles. The molecule has 0 radical (unpaired) electrons. The van der Waals surface area contributed by atoms with E-state index in [-0.39, 0.29) is 34.7 Å². The summed E-state index contributed by atoms with van der Waals surface area (Å²) in [7, 11) is 3.14. The number of ketones is 1. The van der Waals surface area contributed by atoms with Crippen molar-refractivity contribution in [1.82, 2.24) is 4.90 Å². The van der Waals surface area contributed by atoms with E-state index in [1.807, 2.05) is 0 Å². The summed E-state index contributed by atoms with van der Waals surface area (Å²) in [4.78, 5) is 30.4. The van der Waals surface area contributed by atoms with Gasteiger partial charge in [-0.15, -0.1) is 0 Å². The predicted octanol–water partition coefficient (Wildman–Crippen LogP) is 3.88. The largest absolute Gasteiger partial charge is 0.493 e. The number of benzene rings is 1. The zero-order valence-corrected chi connectivity index (χ0v) is 20.7. The van der Waals surface area contributed by atoms with Crippen LogP contribution in [0.25, 0.3) is 0 Å². The van der Waals surface area contributed by atoms with Gasteiger partial charge < -0.3 is 14.2 Å². The Hall–Kier alpha value is -2.34. The van der Waals surface area contributed by atoms with Gasteiger partial charge in [0, 0.05) is 41.3 Å². The summed E-state index contributed by atoms with van der Waals surface area (Å²) in [6.45, 7) is 8.07. The Morgan fingerprint density at radius 2 is 1.94 bits per heavy atom. The van der Waals surface area contributed by atoms with Crippen LogP contribution in [0.4, 0.5) is 0 Å². The molecule has 3 saturated heterocycles. The van der Waals surface area contributed by atoms with Crippen molar-refractivity contribution in [2.75, 3.05) is 20.8 Å². The summed E-state index contributed by atoms with van der Waals surface area (Å²) < 4.78 is 17.2. The van der Waals surface area contributed by atoms with Crippen molar-refractivity contribution >= 4 is 11.8 Å². The third kappa shape index (κ3) is 1.98. The Balaban J connectivity index is 1.22. The van der Waals surface area contributed by atoms with E-state index < -0.39 is 0 Å². The van der Waals surface area contributed by atoms with Crippen LogP contribution in [-0.4, -0.2) is 55.6 Å². The van der Waals surface area contributed by atoms with Gasteiger partial charge in [-0.25, -0.2) is 4.79 Å². The van der Waals surface area contributed by atoms with Gasteiger partial charge in [0.1, 0.15) is 11.9 Å². The highest BCUT2D eigenvalue weighted by atomic mass is 16.5. The van der Waals surface area contributed by atoms with E-state index in [0.29, 0.717) is 52.2 Å². The number of methoxy groups -OCH3 is 2. The number of hydrogen-bond acceptors (Lipinski definition) is 6. The summed E-state index contributed by atoms with van der Waals surface area (Å²) in [5.41, 5.74) is 1.42. The minimum absolute atomic E-state index is 0.0172. The topological polar surface area (TPSA) is 65.1 Å². The van der Waals surface area contributed by atoms with Crippen LogP contribution in [0.15, 0.2) is 30.4 Å². The number of fused-ring (bicyclic) bond motifs is 1. The number of rotatable bonds is 4. The lowest BCUT2D eigenvalue weighted by molar-refractivity contribution is -0.180. The zero-order chi connectivity index (χ0) is 24.1. The van der Waals surface area contributed by atoms with E-state index in [2.05, 4.69) is 18.4 Å². The highest BCUT2D eigenvalue weighted by Gasteiger charge is 2.90. The molecule has 11 atom stereocenters. The van der Waals surface area contributed by atoms with Crippen molar-refractivity contribution in [3.05, 3.63) is 35.9 Å². The number of ether oxygens (including phenoxy) is 3. The second kappa shape index (κ2) is 6.13. The molecule has 9 aliphatic rings. The smallest absolute Gasteiger partial charge is 0.338 e. The Morgan fingerprint density at radius 3 is 2.71 bits per heavy atom. The van der Waals surface area contributed by atoms with E-state index in [1.54, 1.807) is 32.4 Å². The Bertz CT molecular complexity index is 1230. The second-order valence-corrected chi connectivity index (χ2v) is 12.8. The lowest BCUT2D eigenvalue weighted by atomic mass is 9.40. The minimum Gasteiger partial charge on any atom is -0.493 e. The van der Waals surface area contributed by atoms with Gasteiger partial charge in [0.05, 0.1) is 19.8 Å². The van der Waals surface area contributed by atoms with Crippen LogP contribution in [0.1, 0.15) is 49.4 Å². The Morgan fingerprint density at radius 1 is 1.14 bits per heavy atom. The zero-order valence-electron chi connectivity index (χ0n) is 20.7. The van der Waals surface area contributed by atoms with Crippen LogP contribution in [0.2, 0.25) is 0 Å². The normalized spacial score (nSPS) is 51.2. The maximum absolute atomic E-state index is 14.1. The highest BCUT2D eigenvalue weighted by Crippen LogP contribution is 2.86. The predicted molar refractivity (Wildman–Crippen MR) is 127 cm³/mol. The summed E-state index contributed by atoms with van der Waals surface area (Å²) in [5.74, 6) is 2.03. The summed E-state index contributed by atoms with van der Waals surface area (Å²) in [6, 6.07) is 6.15. The molecule has 0 N–H and O–H groups in total. The van der Waals surface area contributed by atoms with E-state index in [0.717, 1.165) is 24.8 Å². The number of piperidine rings is 2. The molecule has 9 bridgehead atoms. The quantitative estimate of drug-likeness (QED) is 0.486. The van der Waals surface area contributed by atoms with Crippen LogP contribution < -0.4 is 9.47 Å². The molecule has 9 fully saturated rings. The number of carbonyl (C=O) groups is 2. The van der Waals surface area contributed by atoms with Crippen molar-refractivity contribution in [3.8, 4) is 11.5 Å². The fraction of sp³-hybridized carbons (Fsp3) is 0.655. The third-order valence-electron chi connectivity index (χ3n) is 11.9. The number of carbonyl (C=O) groups excluding carboxylic acids is 2. The van der Waals surface area contributed by atoms with Gasteiger partial charge in [0.15, 0.2) is 11.5 Å². The number of hydrogen-bond donors (Lipinski definition) is 0. The van der Waals surface area contributed by atoms with Crippen LogP contribution in [0.3, 0.4) is 0 Å². The summed E-state index contributed by atoms with van der Waals surface area (Å²) in [6.07, 6.45) is 5.16. The van der Waals surface area contributed by atoms with Gasteiger partial charge in [0.2, 0.25) is 0 Å². The van der Waals surface area contributed by atoms with E-state index in [4.69, 9.17) is 14.2 Å². The molecule has 184 valence electrons. The van der Waals surface area contributed by atoms with Crippen LogP contribution in [0, 0.1) is 39.9 Å². The molecule has 0 aromatic heterocycles. The first-order chi connectivity index (χ1) is 16.8. The molecule has 35 heavy (non-hydrogen) atoms. The first kappa shape index (κ1) is 20.8. The van der Waals surface area contributed by atoms with E-state index >= 15 is 0 Å². The number of Topliss-reactive ketones (excluding diaryl/α,β-unsaturated/α-hetero) is 1. The van der Waals surface area contributed by atoms with Gasteiger partial charge >= 0.3 is 5.97 Å². The van der Waals surface area contributed by atoms with E-state index in [1.165, 1.54) is 19.4 Å². The molecule has 0 amide bonds.